The van der Waals surface area contributed by atoms with Crippen molar-refractivity contribution in [1.29, 1.82) is 5.41 Å². The SMILES string of the molecule is CCc1nc(C(=N)N)c(Nc2cc(OC)cc(N3CCN(C)CC3)c2)nc1Cl. The lowest BCUT2D eigenvalue weighted by Gasteiger charge is -2.34. The second-order valence-electron chi connectivity index (χ2n) is 6.76. The lowest BCUT2D eigenvalue weighted by Crippen LogP contribution is -2.44. The number of nitrogens with zero attached hydrogens (tertiary/aromatic N) is 4. The van der Waals surface area contributed by atoms with E-state index in [1.807, 2.05) is 25.1 Å². The normalized spacial score (nSPS) is 14.8. The molecule has 0 radical (unpaired) electrons. The number of methoxy groups -OCH3 is 1. The maximum absolute atomic E-state index is 7.84. The predicted octanol–water partition coefficient (Wildman–Crippen LogP) is 2.48. The molecule has 0 aliphatic carbocycles. The molecule has 1 saturated heterocycles. The van der Waals surface area contributed by atoms with Gasteiger partial charge in [0.1, 0.15) is 17.3 Å². The molecule has 1 aliphatic rings. The molecule has 28 heavy (non-hydrogen) atoms. The van der Waals surface area contributed by atoms with Crippen LogP contribution in [0.15, 0.2) is 18.2 Å². The van der Waals surface area contributed by atoms with Crippen LogP contribution in [0.3, 0.4) is 0 Å². The molecular formula is C19H26ClN7O. The number of benzene rings is 1. The molecule has 0 spiro atoms. The number of piperazine rings is 1. The van der Waals surface area contributed by atoms with E-state index in [-0.39, 0.29) is 11.5 Å². The molecule has 0 bridgehead atoms. The Labute approximate surface area is 170 Å². The van der Waals surface area contributed by atoms with E-state index in [1.165, 1.54) is 0 Å². The van der Waals surface area contributed by atoms with Crippen molar-refractivity contribution in [2.75, 3.05) is 50.6 Å². The van der Waals surface area contributed by atoms with Gasteiger partial charge in [0.25, 0.3) is 0 Å². The number of ether oxygens (including phenoxy) is 1. The molecule has 150 valence electrons. The fourth-order valence-electron chi connectivity index (χ4n) is 3.11. The van der Waals surface area contributed by atoms with Gasteiger partial charge in [0, 0.05) is 49.7 Å². The number of likely N-dealkylation sites (N-methyl/N-ethyl adjacent to an activating group) is 1. The third kappa shape index (κ3) is 4.45. The quantitative estimate of drug-likeness (QED) is 0.502. The fraction of sp³-hybridized carbons (Fsp3) is 0.421. The highest BCUT2D eigenvalue weighted by molar-refractivity contribution is 6.30. The molecule has 9 heteroatoms. The van der Waals surface area contributed by atoms with Crippen LogP contribution < -0.4 is 20.7 Å². The van der Waals surface area contributed by atoms with E-state index in [9.17, 15) is 0 Å². The summed E-state index contributed by atoms with van der Waals surface area (Å²) >= 11 is 6.24. The second-order valence-corrected chi connectivity index (χ2v) is 7.12. The Bertz CT molecular complexity index is 866. The number of halogens is 1. The van der Waals surface area contributed by atoms with E-state index in [4.69, 9.17) is 27.5 Å². The van der Waals surface area contributed by atoms with Crippen LogP contribution in [0.2, 0.25) is 5.15 Å². The van der Waals surface area contributed by atoms with Crippen LogP contribution in [-0.4, -0.2) is 61.0 Å². The summed E-state index contributed by atoms with van der Waals surface area (Å²) in [6.45, 7) is 5.83. The van der Waals surface area contributed by atoms with Crippen molar-refractivity contribution in [2.45, 2.75) is 13.3 Å². The van der Waals surface area contributed by atoms with Crippen molar-refractivity contribution >= 4 is 34.6 Å². The van der Waals surface area contributed by atoms with Crippen LogP contribution in [-0.2, 0) is 6.42 Å². The van der Waals surface area contributed by atoms with E-state index in [1.54, 1.807) is 7.11 Å². The van der Waals surface area contributed by atoms with Gasteiger partial charge in [-0.05, 0) is 19.5 Å². The topological polar surface area (TPSA) is 103 Å². The number of amidine groups is 1. The molecule has 2 aromatic rings. The smallest absolute Gasteiger partial charge is 0.162 e. The van der Waals surface area contributed by atoms with E-state index in [0.29, 0.717) is 23.1 Å². The number of hydrogen-bond acceptors (Lipinski definition) is 7. The minimum Gasteiger partial charge on any atom is -0.497 e. The Morgan fingerprint density at radius 1 is 1.25 bits per heavy atom. The minimum absolute atomic E-state index is 0.163. The van der Waals surface area contributed by atoms with Crippen LogP contribution in [0.25, 0.3) is 0 Å². The average Bonchev–Trinajstić information content (AvgIpc) is 2.68. The molecule has 1 aromatic heterocycles. The largest absolute Gasteiger partial charge is 0.497 e. The van der Waals surface area contributed by atoms with E-state index in [0.717, 1.165) is 43.3 Å². The number of nitrogen functional groups attached to an aromatic ring is 1. The molecule has 1 fully saturated rings. The van der Waals surface area contributed by atoms with Crippen molar-refractivity contribution in [3.8, 4) is 5.75 Å². The molecule has 2 heterocycles. The summed E-state index contributed by atoms with van der Waals surface area (Å²) in [6, 6.07) is 5.91. The fourth-order valence-corrected chi connectivity index (χ4v) is 3.37. The van der Waals surface area contributed by atoms with Gasteiger partial charge in [-0.15, -0.1) is 0 Å². The second kappa shape index (κ2) is 8.62. The van der Waals surface area contributed by atoms with Gasteiger partial charge in [-0.1, -0.05) is 18.5 Å². The summed E-state index contributed by atoms with van der Waals surface area (Å²) in [7, 11) is 3.77. The molecule has 4 N–H and O–H groups in total. The van der Waals surface area contributed by atoms with Gasteiger partial charge >= 0.3 is 0 Å². The third-order valence-electron chi connectivity index (χ3n) is 4.77. The van der Waals surface area contributed by atoms with Crippen LogP contribution in [0.5, 0.6) is 5.75 Å². The highest BCUT2D eigenvalue weighted by atomic mass is 35.5. The molecule has 0 unspecified atom stereocenters. The average molecular weight is 404 g/mol. The summed E-state index contributed by atoms with van der Waals surface area (Å²) < 4.78 is 5.48. The standard InChI is InChI=1S/C19H26ClN7O/c1-4-15-17(20)25-19(16(24-15)18(21)22)23-12-9-13(11-14(10-12)28-3)27-7-5-26(2)6-8-27/h9-11H,4-8H2,1-3H3,(H3,21,22)(H,23,25). The molecule has 0 amide bonds. The Balaban J connectivity index is 1.95. The van der Waals surface area contributed by atoms with Gasteiger partial charge in [0.05, 0.1) is 12.8 Å². The molecule has 1 aliphatic heterocycles. The number of anilines is 3. The van der Waals surface area contributed by atoms with Crippen molar-refractivity contribution in [3.63, 3.8) is 0 Å². The Hall–Kier alpha value is -2.58. The van der Waals surface area contributed by atoms with E-state index < -0.39 is 0 Å². The first-order valence-corrected chi connectivity index (χ1v) is 9.59. The van der Waals surface area contributed by atoms with Gasteiger partial charge in [-0.25, -0.2) is 9.97 Å². The number of nitrogens with one attached hydrogen (secondary N) is 2. The first-order chi connectivity index (χ1) is 13.4. The number of nitrogens with two attached hydrogens (primary N) is 1. The highest BCUT2D eigenvalue weighted by Gasteiger charge is 2.18. The van der Waals surface area contributed by atoms with Crippen molar-refractivity contribution in [2.24, 2.45) is 5.73 Å². The third-order valence-corrected chi connectivity index (χ3v) is 5.07. The number of aromatic nitrogens is 2. The van der Waals surface area contributed by atoms with Crippen LogP contribution in [0, 0.1) is 5.41 Å². The van der Waals surface area contributed by atoms with Crippen LogP contribution >= 0.6 is 11.6 Å². The summed E-state index contributed by atoms with van der Waals surface area (Å²) in [5.41, 5.74) is 8.44. The Morgan fingerprint density at radius 2 is 1.96 bits per heavy atom. The zero-order chi connectivity index (χ0) is 20.3. The lowest BCUT2D eigenvalue weighted by molar-refractivity contribution is 0.312. The molecular weight excluding hydrogens is 378 g/mol. The van der Waals surface area contributed by atoms with Crippen molar-refractivity contribution in [3.05, 3.63) is 34.7 Å². The molecule has 0 saturated carbocycles. The number of hydrogen-bond donors (Lipinski definition) is 3. The van der Waals surface area contributed by atoms with E-state index >= 15 is 0 Å². The van der Waals surface area contributed by atoms with Crippen LogP contribution in [0.1, 0.15) is 18.3 Å². The Kier molecular flexibility index (Phi) is 6.21. The lowest BCUT2D eigenvalue weighted by atomic mass is 10.2. The predicted molar refractivity (Wildman–Crippen MR) is 113 cm³/mol. The van der Waals surface area contributed by atoms with Crippen molar-refractivity contribution in [1.82, 2.24) is 14.9 Å². The molecule has 8 nitrogen and oxygen atoms in total. The maximum Gasteiger partial charge on any atom is 0.162 e. The zero-order valence-corrected chi connectivity index (χ0v) is 17.2. The molecule has 1 aromatic carbocycles. The van der Waals surface area contributed by atoms with Crippen LogP contribution in [0.4, 0.5) is 17.2 Å². The molecule has 3 rings (SSSR count). The van der Waals surface area contributed by atoms with Crippen molar-refractivity contribution < 1.29 is 4.74 Å². The van der Waals surface area contributed by atoms with Gasteiger partial charge in [-0.3, -0.25) is 5.41 Å². The zero-order valence-electron chi connectivity index (χ0n) is 16.4. The van der Waals surface area contributed by atoms with Gasteiger partial charge in [-0.2, -0.15) is 0 Å². The monoisotopic (exact) mass is 403 g/mol. The first-order valence-electron chi connectivity index (χ1n) is 9.21. The first kappa shape index (κ1) is 20.2. The minimum atomic E-state index is -0.163. The Morgan fingerprint density at radius 3 is 2.57 bits per heavy atom. The summed E-state index contributed by atoms with van der Waals surface area (Å²) in [5.74, 6) is 0.920. The number of rotatable bonds is 6. The summed E-state index contributed by atoms with van der Waals surface area (Å²) in [5, 5.41) is 11.4. The number of aryl methyl sites for hydroxylation is 1. The van der Waals surface area contributed by atoms with Gasteiger partial charge < -0.3 is 25.6 Å². The highest BCUT2D eigenvalue weighted by Crippen LogP contribution is 2.30. The van der Waals surface area contributed by atoms with Gasteiger partial charge in [0.15, 0.2) is 11.0 Å². The maximum atomic E-state index is 7.84. The molecule has 0 atom stereocenters. The summed E-state index contributed by atoms with van der Waals surface area (Å²) in [6.07, 6.45) is 0.610. The summed E-state index contributed by atoms with van der Waals surface area (Å²) in [4.78, 5) is 13.4. The van der Waals surface area contributed by atoms with E-state index in [2.05, 4.69) is 32.1 Å². The van der Waals surface area contributed by atoms with Gasteiger partial charge in [0.2, 0.25) is 0 Å².